The van der Waals surface area contributed by atoms with E-state index in [4.69, 9.17) is 16.3 Å². The molecule has 7 heteroatoms. The first-order valence-electron chi connectivity index (χ1n) is 10.3. The number of nitrogens with zero attached hydrogens (tertiary/aromatic N) is 1. The molecule has 162 valence electrons. The van der Waals surface area contributed by atoms with E-state index >= 15 is 0 Å². The number of rotatable bonds is 6. The maximum absolute atomic E-state index is 12.7. The molecule has 1 unspecified atom stereocenters. The van der Waals surface area contributed by atoms with E-state index in [2.05, 4.69) is 5.32 Å². The number of ether oxygens (including phenoxy) is 1. The lowest BCUT2D eigenvalue weighted by atomic mass is 9.96. The van der Waals surface area contributed by atoms with Crippen LogP contribution < -0.4 is 5.32 Å². The van der Waals surface area contributed by atoms with E-state index in [0.717, 1.165) is 18.4 Å². The molecule has 0 radical (unpaired) electrons. The van der Waals surface area contributed by atoms with Crippen molar-refractivity contribution in [1.82, 2.24) is 4.90 Å². The fourth-order valence-corrected chi connectivity index (χ4v) is 3.55. The van der Waals surface area contributed by atoms with Crippen molar-refractivity contribution in [2.75, 3.05) is 25.0 Å². The van der Waals surface area contributed by atoms with Crippen molar-refractivity contribution in [2.24, 2.45) is 5.92 Å². The van der Waals surface area contributed by atoms with Gasteiger partial charge < -0.3 is 15.0 Å². The fourth-order valence-electron chi connectivity index (χ4n) is 3.43. The van der Waals surface area contributed by atoms with Gasteiger partial charge in [0, 0.05) is 35.4 Å². The first-order valence-corrected chi connectivity index (χ1v) is 10.6. The normalized spacial score (nSPS) is 16.2. The lowest BCUT2D eigenvalue weighted by Crippen LogP contribution is -2.43. The Balaban J connectivity index is 1.56. The van der Waals surface area contributed by atoms with Crippen molar-refractivity contribution in [3.8, 4) is 0 Å². The van der Waals surface area contributed by atoms with Gasteiger partial charge >= 0.3 is 5.97 Å². The van der Waals surface area contributed by atoms with Crippen LogP contribution in [0.2, 0.25) is 5.02 Å². The molecule has 3 rings (SSSR count). The fraction of sp³-hybridized carbons (Fsp3) is 0.292. The molecular formula is C24H25ClN2O4. The minimum atomic E-state index is -0.394. The van der Waals surface area contributed by atoms with Gasteiger partial charge in [0.2, 0.25) is 5.91 Å². The molecule has 1 fully saturated rings. The number of likely N-dealkylation sites (tertiary alicyclic amines) is 1. The van der Waals surface area contributed by atoms with Crippen molar-refractivity contribution >= 4 is 41.1 Å². The Bertz CT molecular complexity index is 955. The quantitative estimate of drug-likeness (QED) is 0.533. The number of nitrogens with one attached hydrogen (secondary N) is 1. The molecule has 1 saturated heterocycles. The summed E-state index contributed by atoms with van der Waals surface area (Å²) in [5, 5.41) is 3.50. The summed E-state index contributed by atoms with van der Waals surface area (Å²) in [4.78, 5) is 38.6. The van der Waals surface area contributed by atoms with Crippen LogP contribution in [0.1, 0.15) is 35.7 Å². The number of piperidine rings is 1. The highest BCUT2D eigenvalue weighted by molar-refractivity contribution is 6.30. The van der Waals surface area contributed by atoms with E-state index in [1.165, 1.54) is 6.08 Å². The maximum Gasteiger partial charge on any atom is 0.330 e. The number of carbonyl (C=O) groups excluding carboxylic acids is 3. The molecule has 6 nitrogen and oxygen atoms in total. The van der Waals surface area contributed by atoms with Crippen LogP contribution in [0.15, 0.2) is 54.6 Å². The highest BCUT2D eigenvalue weighted by Gasteiger charge is 2.29. The molecule has 2 aromatic rings. The first-order chi connectivity index (χ1) is 15.0. The third-order valence-corrected chi connectivity index (χ3v) is 5.30. The van der Waals surface area contributed by atoms with Gasteiger partial charge in [-0.25, -0.2) is 4.79 Å². The lowest BCUT2D eigenvalue weighted by molar-refractivity contribution is -0.137. The smallest absolute Gasteiger partial charge is 0.330 e. The van der Waals surface area contributed by atoms with Crippen LogP contribution in [0.4, 0.5) is 5.69 Å². The van der Waals surface area contributed by atoms with Gasteiger partial charge in [-0.3, -0.25) is 9.59 Å². The monoisotopic (exact) mass is 440 g/mol. The van der Waals surface area contributed by atoms with Crippen molar-refractivity contribution in [3.05, 3.63) is 70.8 Å². The van der Waals surface area contributed by atoms with Crippen LogP contribution in [0.25, 0.3) is 6.08 Å². The highest BCUT2D eigenvalue weighted by Crippen LogP contribution is 2.21. The Morgan fingerprint density at radius 3 is 2.52 bits per heavy atom. The zero-order chi connectivity index (χ0) is 22.2. The van der Waals surface area contributed by atoms with Crippen LogP contribution in [-0.2, 0) is 14.3 Å². The first kappa shape index (κ1) is 22.6. The van der Waals surface area contributed by atoms with Crippen molar-refractivity contribution < 1.29 is 19.1 Å². The summed E-state index contributed by atoms with van der Waals surface area (Å²) in [5.74, 6) is -0.862. The topological polar surface area (TPSA) is 75.7 Å². The predicted molar refractivity (Wildman–Crippen MR) is 121 cm³/mol. The van der Waals surface area contributed by atoms with Crippen LogP contribution in [0.3, 0.4) is 0 Å². The lowest BCUT2D eigenvalue weighted by Gasteiger charge is -2.32. The Hall–Kier alpha value is -3.12. The van der Waals surface area contributed by atoms with Crippen LogP contribution in [-0.4, -0.2) is 42.4 Å². The largest absolute Gasteiger partial charge is 0.463 e. The standard InChI is InChI=1S/C24H25ClN2O4/c1-2-31-22(28)14-7-17-5-12-21(13-6-17)26-23(29)19-4-3-15-27(16-19)24(30)18-8-10-20(25)11-9-18/h5-14,19H,2-4,15-16H2,1H3,(H,26,29)/b14-7+. The average Bonchev–Trinajstić information content (AvgIpc) is 2.79. The number of carbonyl (C=O) groups is 3. The van der Waals surface area contributed by atoms with Crippen LogP contribution >= 0.6 is 11.6 Å². The summed E-state index contributed by atoms with van der Waals surface area (Å²) in [7, 11) is 0. The number of esters is 1. The van der Waals surface area contributed by atoms with Gasteiger partial charge in [0.05, 0.1) is 12.5 Å². The molecule has 0 aliphatic carbocycles. The minimum absolute atomic E-state index is 0.0908. The molecule has 0 aromatic heterocycles. The summed E-state index contributed by atoms with van der Waals surface area (Å²) < 4.78 is 4.85. The van der Waals surface area contributed by atoms with Gasteiger partial charge in [0.1, 0.15) is 0 Å². The SMILES string of the molecule is CCOC(=O)/C=C/c1ccc(NC(=O)C2CCCN(C(=O)c3ccc(Cl)cc3)C2)cc1. The molecule has 1 aliphatic heterocycles. The molecular weight excluding hydrogens is 416 g/mol. The number of hydrogen-bond acceptors (Lipinski definition) is 4. The van der Waals surface area contributed by atoms with E-state index in [9.17, 15) is 14.4 Å². The summed E-state index contributed by atoms with van der Waals surface area (Å²) >= 11 is 5.90. The second kappa shape index (κ2) is 10.8. The molecule has 2 aromatic carbocycles. The average molecular weight is 441 g/mol. The van der Waals surface area contributed by atoms with E-state index in [-0.39, 0.29) is 17.7 Å². The third kappa shape index (κ3) is 6.43. The number of benzene rings is 2. The van der Waals surface area contributed by atoms with Gasteiger partial charge in [-0.1, -0.05) is 23.7 Å². The molecule has 1 heterocycles. The zero-order valence-electron chi connectivity index (χ0n) is 17.3. The Morgan fingerprint density at radius 1 is 1.13 bits per heavy atom. The molecule has 1 atom stereocenters. The van der Waals surface area contributed by atoms with Crippen molar-refractivity contribution in [1.29, 1.82) is 0 Å². The van der Waals surface area contributed by atoms with Gasteiger partial charge in [-0.2, -0.15) is 0 Å². The Kier molecular flexibility index (Phi) is 7.84. The van der Waals surface area contributed by atoms with Gasteiger partial charge in [-0.15, -0.1) is 0 Å². The molecule has 1 N–H and O–H groups in total. The van der Waals surface area contributed by atoms with Crippen molar-refractivity contribution in [2.45, 2.75) is 19.8 Å². The number of amides is 2. The summed E-state index contributed by atoms with van der Waals surface area (Å²) in [6.07, 6.45) is 4.53. The second-order valence-corrected chi connectivity index (χ2v) is 7.73. The van der Waals surface area contributed by atoms with E-state index in [1.54, 1.807) is 54.3 Å². The van der Waals surface area contributed by atoms with E-state index in [1.807, 2.05) is 12.1 Å². The Labute approximate surface area is 186 Å². The van der Waals surface area contributed by atoms with Crippen LogP contribution in [0, 0.1) is 5.92 Å². The summed E-state index contributed by atoms with van der Waals surface area (Å²) in [6.45, 7) is 3.10. The number of anilines is 1. The van der Waals surface area contributed by atoms with Gasteiger partial charge in [0.15, 0.2) is 0 Å². The minimum Gasteiger partial charge on any atom is -0.463 e. The Morgan fingerprint density at radius 2 is 1.84 bits per heavy atom. The zero-order valence-corrected chi connectivity index (χ0v) is 18.1. The molecule has 0 bridgehead atoms. The van der Waals surface area contributed by atoms with Gasteiger partial charge in [-0.05, 0) is 67.8 Å². The molecule has 31 heavy (non-hydrogen) atoms. The summed E-state index contributed by atoms with van der Waals surface area (Å²) in [6, 6.07) is 14.0. The van der Waals surface area contributed by atoms with Gasteiger partial charge in [0.25, 0.3) is 5.91 Å². The number of hydrogen-bond donors (Lipinski definition) is 1. The van der Waals surface area contributed by atoms with E-state index < -0.39 is 5.97 Å². The molecule has 2 amide bonds. The number of halogens is 1. The highest BCUT2D eigenvalue weighted by atomic mass is 35.5. The molecule has 0 saturated carbocycles. The summed E-state index contributed by atoms with van der Waals surface area (Å²) in [5.41, 5.74) is 2.06. The molecule has 1 aliphatic rings. The van der Waals surface area contributed by atoms with Crippen molar-refractivity contribution in [3.63, 3.8) is 0 Å². The molecule has 0 spiro atoms. The predicted octanol–water partition coefficient (Wildman–Crippen LogP) is 4.41. The van der Waals surface area contributed by atoms with E-state index in [0.29, 0.717) is 36.0 Å². The second-order valence-electron chi connectivity index (χ2n) is 7.29. The van der Waals surface area contributed by atoms with Crippen LogP contribution in [0.5, 0.6) is 0 Å². The maximum atomic E-state index is 12.7. The third-order valence-electron chi connectivity index (χ3n) is 5.05.